The maximum atomic E-state index is 11.3. The van der Waals surface area contributed by atoms with Crippen LogP contribution < -0.4 is 10.5 Å². The molecule has 2 rings (SSSR count). The molecular formula is C15H12ClI4NO4. The second-order valence-electron chi connectivity index (χ2n) is 4.26. The highest BCUT2D eigenvalue weighted by Crippen LogP contribution is 2.36. The fraction of sp³-hybridized carbons (Fsp3) is 0.133. The Balaban J connectivity index is 0.00000450. The van der Waals surface area contributed by atoms with Crippen LogP contribution in [0.25, 0.3) is 0 Å². The summed E-state index contributed by atoms with van der Waals surface area (Å²) in [5, 5.41) is 19.0. The Morgan fingerprint density at radius 3 is 2.16 bits per heavy atom. The van der Waals surface area contributed by atoms with Crippen LogP contribution in [0.5, 0.6) is 17.2 Å². The van der Waals surface area contributed by atoms with E-state index in [0.29, 0.717) is 12.9 Å². The van der Waals surface area contributed by atoms with Crippen molar-refractivity contribution >= 4 is 109 Å². The number of halogens is 5. The number of hydrogen-bond donors (Lipinski definition) is 3. The van der Waals surface area contributed by atoms with Gasteiger partial charge in [-0.1, -0.05) is 0 Å². The zero-order chi connectivity index (χ0) is 22.5. The first kappa shape index (κ1) is 16.6. The van der Waals surface area contributed by atoms with Gasteiger partial charge in [-0.3, -0.25) is 4.79 Å². The number of aromatic hydroxyl groups is 1. The van der Waals surface area contributed by atoms with Crippen molar-refractivity contribution < 1.29 is 26.6 Å². The summed E-state index contributed by atoms with van der Waals surface area (Å²) >= 11 is 7.33. The minimum Gasteiger partial charge on any atom is -0.506 e. The van der Waals surface area contributed by atoms with E-state index in [2.05, 4.69) is 0 Å². The molecule has 0 saturated heterocycles. The second kappa shape index (κ2) is 10.3. The predicted molar refractivity (Wildman–Crippen MR) is 132 cm³/mol. The fourth-order valence-corrected chi connectivity index (χ4v) is 5.05. The van der Waals surface area contributed by atoms with Crippen LogP contribution in [0.15, 0.2) is 24.2 Å². The van der Waals surface area contributed by atoms with Crippen LogP contribution in [0.2, 0.25) is 0 Å². The predicted octanol–water partition coefficient (Wildman–Crippen LogP) is 4.98. The monoisotopic (exact) mass is 818 g/mol. The van der Waals surface area contributed by atoms with E-state index in [0.717, 1.165) is 0 Å². The number of phenolic OH excluding ortho intramolecular Hbond substituents is 1. The van der Waals surface area contributed by atoms with Crippen LogP contribution >= 0.6 is 103 Å². The third-order valence-corrected chi connectivity index (χ3v) is 5.73. The summed E-state index contributed by atoms with van der Waals surface area (Å²) in [4.78, 5) is 11.3. The summed E-state index contributed by atoms with van der Waals surface area (Å²) in [7, 11) is 0. The highest BCUT2D eigenvalue weighted by molar-refractivity contribution is 14.1. The lowest BCUT2D eigenvalue weighted by molar-refractivity contribution is -0.138. The fourth-order valence-electron chi connectivity index (χ4n) is 1.52. The van der Waals surface area contributed by atoms with Crippen LogP contribution in [0, 0.1) is 14.3 Å². The number of rotatable bonds is 5. The van der Waals surface area contributed by atoms with Crippen molar-refractivity contribution in [1.29, 1.82) is 0 Å². The molecule has 0 heterocycles. The van der Waals surface area contributed by atoms with Crippen molar-refractivity contribution in [3.63, 3.8) is 0 Å². The number of carboxylic acid groups (broad SMARTS) is 1. The molecule has 0 fully saturated rings. The molecule has 0 amide bonds. The second-order valence-corrected chi connectivity index (χ2v) is 8.75. The summed E-state index contributed by atoms with van der Waals surface area (Å²) < 4.78 is 47.7. The van der Waals surface area contributed by atoms with Gasteiger partial charge in [-0.05, 0) is 127 Å². The molecule has 10 heteroatoms. The topological polar surface area (TPSA) is 92.8 Å². The Kier molecular flexibility index (Phi) is 6.84. The standard InChI is InChI=1S/C15H11I4NO4.ClH/c16-8-4-7(5-9(17)13(8)21)24-14-10(18)1-6(2-11(14)19)3-12(20)15(22)23;/h1-2,4-5,12,21H,3,20H2,(H,22,23);1H/t12-;/m0./s1/i1D,2D,3D2,12D;. The molecule has 0 radical (unpaired) electrons. The van der Waals surface area contributed by atoms with Crippen LogP contribution in [-0.4, -0.2) is 22.2 Å². The van der Waals surface area contributed by atoms with E-state index in [1.54, 1.807) is 57.3 Å². The summed E-state index contributed by atoms with van der Waals surface area (Å²) in [6.07, 6.45) is -3.02. The van der Waals surface area contributed by atoms with Gasteiger partial charge in [0.1, 0.15) is 17.5 Å². The minimum atomic E-state index is -3.10. The lowest BCUT2D eigenvalue weighted by atomic mass is 10.1. The molecule has 0 aliphatic rings. The number of hydrogen-bond acceptors (Lipinski definition) is 4. The van der Waals surface area contributed by atoms with Gasteiger partial charge >= 0.3 is 5.97 Å². The van der Waals surface area contributed by atoms with Crippen LogP contribution in [-0.2, 0) is 11.2 Å². The van der Waals surface area contributed by atoms with Gasteiger partial charge in [0.05, 0.1) is 18.4 Å². The molecule has 25 heavy (non-hydrogen) atoms. The molecule has 0 aliphatic carbocycles. The summed E-state index contributed by atoms with van der Waals surface area (Å²) in [5.41, 5.74) is 4.78. The first-order valence-electron chi connectivity index (χ1n) is 8.51. The van der Waals surface area contributed by atoms with Gasteiger partial charge in [-0.15, -0.1) is 12.4 Å². The van der Waals surface area contributed by atoms with Crippen LogP contribution in [0.1, 0.15) is 12.4 Å². The molecular weight excluding hydrogens is 801 g/mol. The molecule has 5 nitrogen and oxygen atoms in total. The number of ether oxygens (including phenoxy) is 1. The van der Waals surface area contributed by atoms with Crippen molar-refractivity contribution in [3.8, 4) is 17.2 Å². The maximum Gasteiger partial charge on any atom is 0.320 e. The van der Waals surface area contributed by atoms with Crippen molar-refractivity contribution in [3.05, 3.63) is 44.1 Å². The van der Waals surface area contributed by atoms with E-state index in [-0.39, 0.29) is 31.0 Å². The van der Waals surface area contributed by atoms with Gasteiger partial charge in [-0.2, -0.15) is 0 Å². The number of benzene rings is 2. The third kappa shape index (κ3) is 6.36. The number of carbonyl (C=O) groups is 1. The lowest BCUT2D eigenvalue weighted by Gasteiger charge is -2.14. The van der Waals surface area contributed by atoms with E-state index >= 15 is 0 Å². The molecule has 0 saturated carbocycles. The third-order valence-electron chi connectivity index (χ3n) is 2.57. The number of nitrogens with two attached hydrogens (primary N) is 1. The first-order chi connectivity index (χ1) is 13.1. The van der Waals surface area contributed by atoms with Crippen molar-refractivity contribution in [2.24, 2.45) is 5.73 Å². The number of carboxylic acids is 1. The van der Waals surface area contributed by atoms with Gasteiger partial charge in [0, 0.05) is 2.74 Å². The Hall–Kier alpha value is 0.680. The highest BCUT2D eigenvalue weighted by atomic mass is 127. The number of phenols is 1. The van der Waals surface area contributed by atoms with E-state index < -0.39 is 36.0 Å². The largest absolute Gasteiger partial charge is 0.506 e. The summed E-state index contributed by atoms with van der Waals surface area (Å²) in [6, 6.07) is -0.950. The molecule has 136 valence electrons. The van der Waals surface area contributed by atoms with Crippen molar-refractivity contribution in [2.75, 3.05) is 0 Å². The minimum absolute atomic E-state index is 0. The molecule has 1 atom stereocenters. The van der Waals surface area contributed by atoms with E-state index in [4.69, 9.17) is 22.4 Å². The van der Waals surface area contributed by atoms with E-state index in [9.17, 15) is 9.90 Å². The first-order valence-corrected chi connectivity index (χ1v) is 10.3. The Bertz CT molecular complexity index is 973. The maximum absolute atomic E-state index is 11.3. The van der Waals surface area contributed by atoms with Crippen LogP contribution in [0.3, 0.4) is 0 Å². The van der Waals surface area contributed by atoms with Crippen LogP contribution in [0.4, 0.5) is 0 Å². The Morgan fingerprint density at radius 2 is 1.72 bits per heavy atom. The van der Waals surface area contributed by atoms with E-state index in [1.165, 1.54) is 0 Å². The van der Waals surface area contributed by atoms with Gasteiger partial charge in [-0.25, -0.2) is 0 Å². The molecule has 0 aromatic heterocycles. The summed E-state index contributed by atoms with van der Waals surface area (Å²) in [5.74, 6) is -1.38. The molecule has 0 spiro atoms. The SMILES string of the molecule is Cl.[2H]c1c(I)c(Oc2cc(I)c(O)c(I)c2)c(I)c([2H])c1C([2H])([2H])[C@]([2H])(N)C(=O)O. The quantitative estimate of drug-likeness (QED) is 0.371. The molecule has 4 N–H and O–H groups in total. The van der Waals surface area contributed by atoms with Crippen molar-refractivity contribution in [1.82, 2.24) is 0 Å². The number of aliphatic carboxylic acids is 1. The zero-order valence-corrected chi connectivity index (χ0v) is 21.3. The Morgan fingerprint density at radius 1 is 1.24 bits per heavy atom. The van der Waals surface area contributed by atoms with Gasteiger partial charge < -0.3 is 20.7 Å². The molecule has 0 bridgehead atoms. The van der Waals surface area contributed by atoms with E-state index in [1.807, 2.05) is 45.2 Å². The van der Waals surface area contributed by atoms with Gasteiger partial charge in [0.15, 0.2) is 5.75 Å². The average Bonchev–Trinajstić information content (AvgIpc) is 2.61. The molecule has 0 unspecified atom stereocenters. The summed E-state index contributed by atoms with van der Waals surface area (Å²) in [6.45, 7) is 0. The smallest absolute Gasteiger partial charge is 0.320 e. The zero-order valence-electron chi connectivity index (χ0n) is 16.9. The molecule has 2 aromatic rings. The average molecular weight is 818 g/mol. The molecule has 0 aliphatic heterocycles. The molecule has 2 aromatic carbocycles. The van der Waals surface area contributed by atoms with Gasteiger partial charge in [0.25, 0.3) is 0 Å². The lowest BCUT2D eigenvalue weighted by Crippen LogP contribution is -2.32. The highest BCUT2D eigenvalue weighted by Gasteiger charge is 2.16. The van der Waals surface area contributed by atoms with Crippen molar-refractivity contribution in [2.45, 2.75) is 12.4 Å². The van der Waals surface area contributed by atoms with Gasteiger partial charge in [0.2, 0.25) is 0 Å². The normalized spacial score (nSPS) is 16.3. The Labute approximate surface area is 212 Å².